The fourth-order valence-electron chi connectivity index (χ4n) is 5.58. The zero-order valence-corrected chi connectivity index (χ0v) is 22.0. The van der Waals surface area contributed by atoms with Crippen LogP contribution in [-0.4, -0.2) is 53.9 Å². The Morgan fingerprint density at radius 2 is 1.64 bits per heavy atom. The number of fused-ring (bicyclic) bond motifs is 1. The second-order valence-corrected chi connectivity index (χ2v) is 11.8. The average Bonchev–Trinajstić information content (AvgIpc) is 3.62. The van der Waals surface area contributed by atoms with E-state index in [1.165, 1.54) is 18.9 Å². The molecule has 6 rings (SSSR count). The third kappa shape index (κ3) is 4.28. The number of aromatic nitrogens is 2. The number of nitrogens with zero attached hydrogens (tertiary/aromatic N) is 4. The number of rotatable bonds is 4. The summed E-state index contributed by atoms with van der Waals surface area (Å²) in [5.74, 6) is -4.69. The first kappa shape index (κ1) is 23.8. The van der Waals surface area contributed by atoms with E-state index in [0.717, 1.165) is 35.2 Å². The maximum Gasteiger partial charge on any atom is 0.288 e. The van der Waals surface area contributed by atoms with Crippen molar-refractivity contribution in [3.63, 3.8) is 0 Å². The molecule has 2 N–H and O–H groups in total. The number of hydrazine groups is 1. The lowest BCUT2D eigenvalue weighted by atomic mass is 9.93. The number of piperidine rings is 2. The van der Waals surface area contributed by atoms with Gasteiger partial charge in [-0.05, 0) is 84.9 Å². The Morgan fingerprint density at radius 3 is 2.31 bits per heavy atom. The van der Waals surface area contributed by atoms with Gasteiger partial charge in [0.1, 0.15) is 5.69 Å². The van der Waals surface area contributed by atoms with Crippen LogP contribution >= 0.6 is 22.6 Å². The first-order chi connectivity index (χ1) is 17.1. The molecule has 11 heteroatoms. The molecule has 36 heavy (non-hydrogen) atoms. The number of benzene rings is 1. The molecule has 8 nitrogen and oxygen atoms in total. The summed E-state index contributed by atoms with van der Waals surface area (Å²) >= 11 is 2.24. The number of aryl methyl sites for hydroxylation is 1. The maximum atomic E-state index is 13.6. The van der Waals surface area contributed by atoms with Gasteiger partial charge in [0.05, 0.1) is 23.1 Å². The summed E-state index contributed by atoms with van der Waals surface area (Å²) in [6.45, 7) is 3.90. The molecule has 2 saturated carbocycles. The first-order valence-corrected chi connectivity index (χ1v) is 13.4. The molecule has 4 fully saturated rings. The standard InChI is InChI=1S/C25H27F2IN6O2/c1-14-10-19(30-23(29-14)34-12-17-18(13-34)25(17,26)27)22(36)32-31-21(35)16-3-2-15(28)11-20(16)33-8-6-24(4-5-24)7-9-33/h2-3,10-11,17-18H,4-9,12-13H2,1H3,(H,31,35)(H,32,36). The molecule has 190 valence electrons. The van der Waals surface area contributed by atoms with Gasteiger partial charge in [-0.1, -0.05) is 0 Å². The van der Waals surface area contributed by atoms with E-state index in [0.29, 0.717) is 16.7 Å². The van der Waals surface area contributed by atoms with E-state index >= 15 is 0 Å². The largest absolute Gasteiger partial charge is 0.371 e. The second-order valence-electron chi connectivity index (χ2n) is 10.5. The quantitative estimate of drug-likeness (QED) is 0.408. The molecular formula is C25H27F2IN6O2. The van der Waals surface area contributed by atoms with Crippen LogP contribution in [0.1, 0.15) is 52.2 Å². The summed E-state index contributed by atoms with van der Waals surface area (Å²) in [7, 11) is 0. The van der Waals surface area contributed by atoms with Crippen molar-refractivity contribution in [2.24, 2.45) is 17.3 Å². The van der Waals surface area contributed by atoms with Crippen LogP contribution in [0.25, 0.3) is 0 Å². The third-order valence-electron chi connectivity index (χ3n) is 8.17. The van der Waals surface area contributed by atoms with E-state index in [1.54, 1.807) is 17.9 Å². The monoisotopic (exact) mass is 608 g/mol. The number of halogens is 3. The molecule has 2 aliphatic heterocycles. The Bertz CT molecular complexity index is 1230. The van der Waals surface area contributed by atoms with Gasteiger partial charge in [0, 0.05) is 35.4 Å². The summed E-state index contributed by atoms with van der Waals surface area (Å²) in [4.78, 5) is 38.5. The minimum Gasteiger partial charge on any atom is -0.371 e. The van der Waals surface area contributed by atoms with Crippen LogP contribution in [0, 0.1) is 27.7 Å². The van der Waals surface area contributed by atoms with Crippen LogP contribution in [0.3, 0.4) is 0 Å². The van der Waals surface area contributed by atoms with Gasteiger partial charge in [0.25, 0.3) is 17.7 Å². The van der Waals surface area contributed by atoms with Crippen molar-refractivity contribution >= 4 is 46.0 Å². The zero-order valence-electron chi connectivity index (χ0n) is 19.9. The lowest BCUT2D eigenvalue weighted by Crippen LogP contribution is -2.43. The Kier molecular flexibility index (Phi) is 5.61. The number of anilines is 2. The topological polar surface area (TPSA) is 90.5 Å². The molecule has 2 aliphatic carbocycles. The summed E-state index contributed by atoms with van der Waals surface area (Å²) in [6, 6.07) is 7.17. The summed E-state index contributed by atoms with van der Waals surface area (Å²) in [6.07, 6.45) is 4.90. The molecule has 1 aromatic carbocycles. The van der Waals surface area contributed by atoms with Crippen LogP contribution in [0.5, 0.6) is 0 Å². The highest BCUT2D eigenvalue weighted by atomic mass is 127. The fourth-order valence-corrected chi connectivity index (χ4v) is 6.06. The van der Waals surface area contributed by atoms with E-state index in [4.69, 9.17) is 0 Å². The molecule has 2 saturated heterocycles. The molecule has 1 spiro atoms. The highest BCUT2D eigenvalue weighted by Gasteiger charge is 2.72. The SMILES string of the molecule is Cc1cc(C(=O)NNC(=O)c2ccc(I)cc2N2CCC3(CC2)CC3)nc(N2CC3C(C2)C3(F)F)n1. The lowest BCUT2D eigenvalue weighted by molar-refractivity contribution is 0.0795. The van der Waals surface area contributed by atoms with Crippen molar-refractivity contribution in [3.8, 4) is 0 Å². The molecule has 2 unspecified atom stereocenters. The summed E-state index contributed by atoms with van der Waals surface area (Å²) < 4.78 is 28.2. The summed E-state index contributed by atoms with van der Waals surface area (Å²) in [5.41, 5.74) is 7.48. The Morgan fingerprint density at radius 1 is 0.972 bits per heavy atom. The van der Waals surface area contributed by atoms with Gasteiger partial charge >= 0.3 is 0 Å². The van der Waals surface area contributed by atoms with Crippen molar-refractivity contribution in [3.05, 3.63) is 44.8 Å². The molecule has 0 radical (unpaired) electrons. The van der Waals surface area contributed by atoms with Gasteiger partial charge in [-0.25, -0.2) is 18.7 Å². The minimum atomic E-state index is -2.60. The van der Waals surface area contributed by atoms with Crippen molar-refractivity contribution < 1.29 is 18.4 Å². The van der Waals surface area contributed by atoms with Crippen LogP contribution in [-0.2, 0) is 0 Å². The molecular weight excluding hydrogens is 581 g/mol. The normalized spacial score (nSPS) is 24.9. The third-order valence-corrected chi connectivity index (χ3v) is 8.84. The Hall–Kier alpha value is -2.57. The van der Waals surface area contributed by atoms with Crippen molar-refractivity contribution in [2.75, 3.05) is 36.0 Å². The van der Waals surface area contributed by atoms with Crippen LogP contribution < -0.4 is 20.7 Å². The summed E-state index contributed by atoms with van der Waals surface area (Å²) in [5, 5.41) is 0. The number of hydrogen-bond donors (Lipinski definition) is 2. The zero-order chi connectivity index (χ0) is 25.2. The van der Waals surface area contributed by atoms with Crippen LogP contribution in [0.2, 0.25) is 0 Å². The van der Waals surface area contributed by atoms with Gasteiger partial charge in [-0.3, -0.25) is 20.4 Å². The van der Waals surface area contributed by atoms with Crippen molar-refractivity contribution in [2.45, 2.75) is 38.5 Å². The van der Waals surface area contributed by atoms with E-state index in [1.807, 2.05) is 12.1 Å². The van der Waals surface area contributed by atoms with Crippen LogP contribution in [0.15, 0.2) is 24.3 Å². The van der Waals surface area contributed by atoms with Gasteiger partial charge in [0.2, 0.25) is 5.95 Å². The highest BCUT2D eigenvalue weighted by Crippen LogP contribution is 2.59. The molecule has 2 amide bonds. The molecule has 0 bridgehead atoms. The molecule has 1 aromatic heterocycles. The van der Waals surface area contributed by atoms with Gasteiger partial charge < -0.3 is 9.80 Å². The van der Waals surface area contributed by atoms with Crippen molar-refractivity contribution in [1.82, 2.24) is 20.8 Å². The lowest BCUT2D eigenvalue weighted by Gasteiger charge is -2.35. The van der Waals surface area contributed by atoms with Crippen LogP contribution in [0.4, 0.5) is 20.4 Å². The van der Waals surface area contributed by atoms with E-state index in [-0.39, 0.29) is 24.7 Å². The predicted molar refractivity (Wildman–Crippen MR) is 138 cm³/mol. The number of carbonyl (C=O) groups excluding carboxylic acids is 2. The smallest absolute Gasteiger partial charge is 0.288 e. The average molecular weight is 608 g/mol. The van der Waals surface area contributed by atoms with Gasteiger partial charge in [-0.2, -0.15) is 0 Å². The maximum absolute atomic E-state index is 13.6. The van der Waals surface area contributed by atoms with E-state index < -0.39 is 29.6 Å². The second kappa shape index (κ2) is 8.49. The number of carbonyl (C=O) groups is 2. The number of amides is 2. The number of alkyl halides is 2. The van der Waals surface area contributed by atoms with Gasteiger partial charge in [0.15, 0.2) is 0 Å². The molecule has 2 atom stereocenters. The first-order valence-electron chi connectivity index (χ1n) is 12.3. The van der Waals surface area contributed by atoms with Gasteiger partial charge in [-0.15, -0.1) is 0 Å². The Labute approximate surface area is 221 Å². The van der Waals surface area contributed by atoms with E-state index in [9.17, 15) is 18.4 Å². The number of nitrogens with one attached hydrogen (secondary N) is 2. The highest BCUT2D eigenvalue weighted by molar-refractivity contribution is 14.1. The van der Waals surface area contributed by atoms with Crippen molar-refractivity contribution in [1.29, 1.82) is 0 Å². The van der Waals surface area contributed by atoms with E-state index in [2.05, 4.69) is 48.3 Å². The molecule has 3 heterocycles. The minimum absolute atomic E-state index is 0.0683. The predicted octanol–water partition coefficient (Wildman–Crippen LogP) is 3.55. The fraction of sp³-hybridized carbons (Fsp3) is 0.520. The molecule has 4 aliphatic rings. The Balaban J connectivity index is 1.12. The molecule has 2 aromatic rings. The number of hydrogen-bond acceptors (Lipinski definition) is 6.